The van der Waals surface area contributed by atoms with Crippen LogP contribution in [-0.4, -0.2) is 40.4 Å². The summed E-state index contributed by atoms with van der Waals surface area (Å²) in [6.07, 6.45) is 0. The smallest absolute Gasteiger partial charge is 0.206 e. The number of methoxy groups -OCH3 is 1. The van der Waals surface area contributed by atoms with Crippen LogP contribution in [0.1, 0.15) is 5.82 Å². The van der Waals surface area contributed by atoms with Crippen molar-refractivity contribution in [3.8, 4) is 0 Å². The SMILES string of the molecule is COCCNc1nnc(Sc2cc(Cl)nc(C)n2)s1. The number of hydrogen-bond acceptors (Lipinski definition) is 8. The Morgan fingerprint density at radius 2 is 2.26 bits per heavy atom. The number of aromatic nitrogens is 4. The minimum Gasteiger partial charge on any atom is -0.383 e. The zero-order chi connectivity index (χ0) is 13.7. The molecule has 19 heavy (non-hydrogen) atoms. The Morgan fingerprint density at radius 3 is 3.00 bits per heavy atom. The number of anilines is 1. The van der Waals surface area contributed by atoms with Gasteiger partial charge in [0.25, 0.3) is 0 Å². The molecule has 0 aliphatic heterocycles. The van der Waals surface area contributed by atoms with Gasteiger partial charge in [-0.3, -0.25) is 0 Å². The van der Waals surface area contributed by atoms with E-state index in [2.05, 4.69) is 25.5 Å². The van der Waals surface area contributed by atoms with E-state index in [9.17, 15) is 0 Å². The van der Waals surface area contributed by atoms with Crippen molar-refractivity contribution >= 4 is 39.8 Å². The van der Waals surface area contributed by atoms with Crippen LogP contribution in [0.3, 0.4) is 0 Å². The molecule has 2 heterocycles. The summed E-state index contributed by atoms with van der Waals surface area (Å²) in [7, 11) is 1.66. The molecule has 6 nitrogen and oxygen atoms in total. The minimum absolute atomic E-state index is 0.429. The van der Waals surface area contributed by atoms with E-state index in [1.54, 1.807) is 20.1 Å². The summed E-state index contributed by atoms with van der Waals surface area (Å²) in [6, 6.07) is 1.71. The predicted molar refractivity (Wildman–Crippen MR) is 76.2 cm³/mol. The molecule has 102 valence electrons. The molecule has 0 unspecified atom stereocenters. The number of rotatable bonds is 6. The molecule has 0 aromatic carbocycles. The van der Waals surface area contributed by atoms with Gasteiger partial charge in [-0.25, -0.2) is 9.97 Å². The van der Waals surface area contributed by atoms with Crippen LogP contribution in [0.5, 0.6) is 0 Å². The zero-order valence-electron chi connectivity index (χ0n) is 10.4. The van der Waals surface area contributed by atoms with Crippen LogP contribution in [0.15, 0.2) is 15.4 Å². The quantitative estimate of drug-likeness (QED) is 0.648. The summed E-state index contributed by atoms with van der Waals surface area (Å²) in [6.45, 7) is 3.13. The summed E-state index contributed by atoms with van der Waals surface area (Å²) >= 11 is 8.76. The van der Waals surface area contributed by atoms with E-state index in [0.29, 0.717) is 24.1 Å². The van der Waals surface area contributed by atoms with Crippen molar-refractivity contribution in [2.45, 2.75) is 16.3 Å². The predicted octanol–water partition coefficient (Wildman–Crippen LogP) is 2.50. The van der Waals surface area contributed by atoms with Gasteiger partial charge in [0, 0.05) is 19.7 Å². The van der Waals surface area contributed by atoms with Gasteiger partial charge in [-0.15, -0.1) is 10.2 Å². The van der Waals surface area contributed by atoms with Crippen LogP contribution in [0.2, 0.25) is 5.15 Å². The van der Waals surface area contributed by atoms with Crippen molar-refractivity contribution in [2.24, 2.45) is 0 Å². The normalized spacial score (nSPS) is 10.7. The van der Waals surface area contributed by atoms with Gasteiger partial charge >= 0.3 is 0 Å². The molecule has 0 bridgehead atoms. The molecule has 0 amide bonds. The fourth-order valence-electron chi connectivity index (χ4n) is 1.23. The van der Waals surface area contributed by atoms with Crippen LogP contribution >= 0.6 is 34.7 Å². The number of nitrogens with zero attached hydrogens (tertiary/aromatic N) is 4. The average Bonchev–Trinajstić information content (AvgIpc) is 2.76. The topological polar surface area (TPSA) is 72.8 Å². The Morgan fingerprint density at radius 1 is 1.42 bits per heavy atom. The van der Waals surface area contributed by atoms with Crippen LogP contribution in [-0.2, 0) is 4.74 Å². The molecule has 0 spiro atoms. The van der Waals surface area contributed by atoms with E-state index in [-0.39, 0.29) is 0 Å². The molecular formula is C10H12ClN5OS2. The van der Waals surface area contributed by atoms with Crippen LogP contribution in [0.25, 0.3) is 0 Å². The third kappa shape index (κ3) is 4.57. The average molecular weight is 318 g/mol. The number of aryl methyl sites for hydroxylation is 1. The van der Waals surface area contributed by atoms with Gasteiger partial charge in [0.15, 0.2) is 4.34 Å². The Hall–Kier alpha value is -0.960. The standard InChI is InChI=1S/C10H12ClN5OS2/c1-6-13-7(11)5-8(14-6)18-10-16-15-9(19-10)12-3-4-17-2/h5H,3-4H2,1-2H3,(H,12,15). The van der Waals surface area contributed by atoms with Crippen molar-refractivity contribution in [3.05, 3.63) is 17.0 Å². The monoisotopic (exact) mass is 317 g/mol. The first-order valence-electron chi connectivity index (χ1n) is 5.42. The first-order chi connectivity index (χ1) is 9.17. The molecule has 0 atom stereocenters. The molecule has 0 aliphatic carbocycles. The number of ether oxygens (including phenoxy) is 1. The Labute approximate surface area is 124 Å². The van der Waals surface area contributed by atoms with Gasteiger partial charge in [-0.2, -0.15) is 0 Å². The molecule has 2 aromatic heterocycles. The minimum atomic E-state index is 0.429. The summed E-state index contributed by atoms with van der Waals surface area (Å²) < 4.78 is 5.75. The van der Waals surface area contributed by atoms with E-state index in [1.807, 2.05) is 0 Å². The van der Waals surface area contributed by atoms with Crippen molar-refractivity contribution < 1.29 is 4.74 Å². The fourth-order valence-corrected chi connectivity index (χ4v) is 3.29. The molecule has 0 radical (unpaired) electrons. The summed E-state index contributed by atoms with van der Waals surface area (Å²) in [5, 5.41) is 13.2. The van der Waals surface area contributed by atoms with Crippen molar-refractivity contribution in [1.29, 1.82) is 0 Å². The van der Waals surface area contributed by atoms with Gasteiger partial charge in [0.1, 0.15) is 16.0 Å². The molecule has 0 saturated carbocycles. The Kier molecular flexibility index (Phi) is 5.32. The van der Waals surface area contributed by atoms with Gasteiger partial charge in [0.05, 0.1) is 6.61 Å². The van der Waals surface area contributed by atoms with Gasteiger partial charge in [0.2, 0.25) is 5.13 Å². The van der Waals surface area contributed by atoms with E-state index in [0.717, 1.165) is 14.5 Å². The van der Waals surface area contributed by atoms with E-state index in [1.165, 1.54) is 23.1 Å². The van der Waals surface area contributed by atoms with Crippen LogP contribution in [0.4, 0.5) is 5.13 Å². The summed E-state index contributed by atoms with van der Waals surface area (Å²) in [5.41, 5.74) is 0. The van der Waals surface area contributed by atoms with Gasteiger partial charge < -0.3 is 10.1 Å². The highest BCUT2D eigenvalue weighted by Crippen LogP contribution is 2.31. The number of halogens is 1. The van der Waals surface area contributed by atoms with Gasteiger partial charge in [-0.1, -0.05) is 22.9 Å². The molecule has 0 aliphatic rings. The van der Waals surface area contributed by atoms with Crippen LogP contribution in [0, 0.1) is 6.92 Å². The molecule has 0 saturated heterocycles. The molecule has 9 heteroatoms. The highest BCUT2D eigenvalue weighted by atomic mass is 35.5. The van der Waals surface area contributed by atoms with Gasteiger partial charge in [-0.05, 0) is 18.7 Å². The lowest BCUT2D eigenvalue weighted by Crippen LogP contribution is -2.06. The maximum atomic E-state index is 5.88. The second kappa shape index (κ2) is 6.99. The third-order valence-electron chi connectivity index (χ3n) is 1.96. The number of hydrogen-bond donors (Lipinski definition) is 1. The second-order valence-corrected chi connectivity index (χ2v) is 6.10. The second-order valence-electron chi connectivity index (χ2n) is 3.47. The lowest BCUT2D eigenvalue weighted by Gasteiger charge is -1.99. The lowest BCUT2D eigenvalue weighted by molar-refractivity contribution is 0.211. The maximum absolute atomic E-state index is 5.88. The molecule has 0 fully saturated rings. The van der Waals surface area contributed by atoms with E-state index < -0.39 is 0 Å². The Bertz CT molecular complexity index is 530. The van der Waals surface area contributed by atoms with Crippen molar-refractivity contribution in [2.75, 3.05) is 25.6 Å². The van der Waals surface area contributed by atoms with Crippen molar-refractivity contribution in [1.82, 2.24) is 20.2 Å². The summed E-state index contributed by atoms with van der Waals surface area (Å²) in [4.78, 5) is 8.29. The maximum Gasteiger partial charge on any atom is 0.206 e. The highest BCUT2D eigenvalue weighted by Gasteiger charge is 2.08. The molecule has 1 N–H and O–H groups in total. The zero-order valence-corrected chi connectivity index (χ0v) is 12.8. The Balaban J connectivity index is 1.99. The van der Waals surface area contributed by atoms with E-state index in [4.69, 9.17) is 16.3 Å². The third-order valence-corrected chi connectivity index (χ3v) is 4.01. The number of nitrogens with one attached hydrogen (secondary N) is 1. The highest BCUT2D eigenvalue weighted by molar-refractivity contribution is 8.01. The fraction of sp³-hybridized carbons (Fsp3) is 0.400. The van der Waals surface area contributed by atoms with Crippen LogP contribution < -0.4 is 5.32 Å². The van der Waals surface area contributed by atoms with Crippen molar-refractivity contribution in [3.63, 3.8) is 0 Å². The van der Waals surface area contributed by atoms with E-state index >= 15 is 0 Å². The summed E-state index contributed by atoms with van der Waals surface area (Å²) in [5.74, 6) is 0.637. The lowest BCUT2D eigenvalue weighted by atomic mass is 10.6. The first-order valence-corrected chi connectivity index (χ1v) is 7.44. The largest absolute Gasteiger partial charge is 0.383 e. The molecule has 2 rings (SSSR count). The first kappa shape index (κ1) is 14.4. The molecular weight excluding hydrogens is 306 g/mol. The molecule has 2 aromatic rings.